The van der Waals surface area contributed by atoms with Crippen LogP contribution >= 0.6 is 0 Å². The number of carbonyl (C=O) groups excluding carboxylic acids is 2. The van der Waals surface area contributed by atoms with Gasteiger partial charge in [-0.15, -0.1) is 0 Å². The summed E-state index contributed by atoms with van der Waals surface area (Å²) in [6.07, 6.45) is 2.06. The fourth-order valence-electron chi connectivity index (χ4n) is 4.16. The molecule has 8 nitrogen and oxygen atoms in total. The summed E-state index contributed by atoms with van der Waals surface area (Å²) < 4.78 is 0. The van der Waals surface area contributed by atoms with Crippen LogP contribution in [0.4, 0.5) is 10.5 Å². The van der Waals surface area contributed by atoms with E-state index in [0.29, 0.717) is 24.2 Å². The highest BCUT2D eigenvalue weighted by Gasteiger charge is 2.63. The smallest absolute Gasteiger partial charge is 0.352 e. The highest BCUT2D eigenvalue weighted by molar-refractivity contribution is 6.04. The maximum Gasteiger partial charge on any atom is 0.352 e. The van der Waals surface area contributed by atoms with Crippen LogP contribution < -0.4 is 5.32 Å². The first-order chi connectivity index (χ1) is 12.4. The Morgan fingerprint density at radius 1 is 1.27 bits per heavy atom. The van der Waals surface area contributed by atoms with Crippen LogP contribution in [-0.2, 0) is 9.59 Å². The second-order valence-electron chi connectivity index (χ2n) is 6.52. The van der Waals surface area contributed by atoms with Gasteiger partial charge in [0.15, 0.2) is 0 Å². The monoisotopic (exact) mass is 355 g/mol. The summed E-state index contributed by atoms with van der Waals surface area (Å²) in [6, 6.07) is 4.59. The van der Waals surface area contributed by atoms with E-state index in [2.05, 4.69) is 11.9 Å². The van der Waals surface area contributed by atoms with Gasteiger partial charge in [-0.2, -0.15) is 0 Å². The third-order valence-corrected chi connectivity index (χ3v) is 5.26. The van der Waals surface area contributed by atoms with Crippen molar-refractivity contribution in [1.82, 2.24) is 9.80 Å². The average molecular weight is 355 g/mol. The van der Waals surface area contributed by atoms with E-state index in [4.69, 9.17) is 0 Å². The van der Waals surface area contributed by atoms with Gasteiger partial charge >= 0.3 is 12.0 Å². The lowest BCUT2D eigenvalue weighted by atomic mass is 9.78. The van der Waals surface area contributed by atoms with Gasteiger partial charge in [-0.05, 0) is 36.3 Å². The molecule has 4 rings (SSSR count). The van der Waals surface area contributed by atoms with Gasteiger partial charge in [0.1, 0.15) is 17.5 Å². The van der Waals surface area contributed by atoms with Gasteiger partial charge < -0.3 is 20.4 Å². The molecule has 3 amide bonds. The average Bonchev–Trinajstić information content (AvgIpc) is 2.95. The van der Waals surface area contributed by atoms with Crippen LogP contribution in [0.2, 0.25) is 0 Å². The number of hydrogen-bond donors (Lipinski definition) is 3. The number of phenols is 1. The summed E-state index contributed by atoms with van der Waals surface area (Å²) in [5.41, 5.74) is 1.05. The maximum atomic E-state index is 12.6. The second-order valence-corrected chi connectivity index (χ2v) is 6.52. The highest BCUT2D eigenvalue weighted by Crippen LogP contribution is 2.49. The number of aromatic hydroxyl groups is 1. The first kappa shape index (κ1) is 16.2. The number of anilines is 1. The van der Waals surface area contributed by atoms with Gasteiger partial charge in [-0.25, -0.2) is 9.59 Å². The number of urea groups is 1. The Labute approximate surface area is 149 Å². The van der Waals surface area contributed by atoms with Crippen molar-refractivity contribution >= 4 is 23.6 Å². The van der Waals surface area contributed by atoms with Crippen molar-refractivity contribution in [2.24, 2.45) is 5.92 Å². The number of aliphatic carboxylic acids is 1. The molecule has 1 aromatic rings. The van der Waals surface area contributed by atoms with Crippen LogP contribution in [0.15, 0.2) is 48.2 Å². The summed E-state index contributed by atoms with van der Waals surface area (Å²) in [6.45, 7) is 4.04. The SMILES string of the molecule is C=CC1=C(C(=O)O)N2C(=O)[C@@H]3[C@H]2C1CCN3C(=O)Nc1ccc(O)cc1. The molecule has 1 aromatic carbocycles. The molecule has 2 saturated heterocycles. The number of β-lactam (4-membered cyclic amide) rings is 1. The molecule has 26 heavy (non-hydrogen) atoms. The molecule has 8 heteroatoms. The normalized spacial score (nSPS) is 26.3. The molecule has 0 radical (unpaired) electrons. The number of nitrogens with one attached hydrogen (secondary N) is 1. The summed E-state index contributed by atoms with van der Waals surface area (Å²) in [5.74, 6) is -1.56. The number of piperidine rings is 1. The Bertz CT molecular complexity index is 860. The van der Waals surface area contributed by atoms with Crippen molar-refractivity contribution in [2.75, 3.05) is 11.9 Å². The number of rotatable bonds is 3. The number of phenolic OH excluding ortho intramolecular Hbond substituents is 1. The first-order valence-corrected chi connectivity index (χ1v) is 8.23. The lowest BCUT2D eigenvalue weighted by molar-refractivity contribution is -0.160. The molecule has 0 aliphatic carbocycles. The van der Waals surface area contributed by atoms with E-state index < -0.39 is 18.0 Å². The van der Waals surface area contributed by atoms with Crippen LogP contribution in [0.3, 0.4) is 0 Å². The number of carboxylic acids is 1. The lowest BCUT2D eigenvalue weighted by Gasteiger charge is -2.53. The van der Waals surface area contributed by atoms with Crippen molar-refractivity contribution in [2.45, 2.75) is 18.5 Å². The molecule has 0 spiro atoms. The van der Waals surface area contributed by atoms with Crippen molar-refractivity contribution in [3.63, 3.8) is 0 Å². The Hall–Kier alpha value is -3.29. The van der Waals surface area contributed by atoms with Crippen LogP contribution in [0, 0.1) is 5.92 Å². The lowest BCUT2D eigenvalue weighted by Crippen LogP contribution is -2.74. The fraction of sp³-hybridized carbons (Fsp3) is 0.278. The number of nitrogens with zero attached hydrogens (tertiary/aromatic N) is 2. The topological polar surface area (TPSA) is 110 Å². The molecule has 1 unspecified atom stereocenters. The molecule has 3 N–H and O–H groups in total. The van der Waals surface area contributed by atoms with Crippen molar-refractivity contribution in [3.05, 3.63) is 48.2 Å². The quantitative estimate of drug-likeness (QED) is 0.560. The minimum atomic E-state index is -1.15. The van der Waals surface area contributed by atoms with Crippen LogP contribution in [-0.4, -0.2) is 56.5 Å². The van der Waals surface area contributed by atoms with E-state index >= 15 is 0 Å². The van der Waals surface area contributed by atoms with E-state index in [-0.39, 0.29) is 29.3 Å². The van der Waals surface area contributed by atoms with Crippen LogP contribution in [0.1, 0.15) is 6.42 Å². The molecule has 3 aliphatic heterocycles. The molecule has 0 bridgehead atoms. The first-order valence-electron chi connectivity index (χ1n) is 8.23. The van der Waals surface area contributed by atoms with Crippen LogP contribution in [0.25, 0.3) is 0 Å². The third-order valence-electron chi connectivity index (χ3n) is 5.26. The van der Waals surface area contributed by atoms with E-state index in [1.54, 1.807) is 12.1 Å². The fourth-order valence-corrected chi connectivity index (χ4v) is 4.16. The number of carbonyl (C=O) groups is 3. The van der Waals surface area contributed by atoms with Gasteiger partial charge in [0.25, 0.3) is 5.91 Å². The van der Waals surface area contributed by atoms with E-state index in [0.717, 1.165) is 0 Å². The minimum Gasteiger partial charge on any atom is -0.508 e. The van der Waals surface area contributed by atoms with Gasteiger partial charge in [0.2, 0.25) is 0 Å². The number of allylic oxidation sites excluding steroid dienone is 1. The van der Waals surface area contributed by atoms with Gasteiger partial charge in [0.05, 0.1) is 6.04 Å². The zero-order valence-corrected chi connectivity index (χ0v) is 13.8. The van der Waals surface area contributed by atoms with Gasteiger partial charge in [-0.3, -0.25) is 9.69 Å². The molecule has 0 saturated carbocycles. The minimum absolute atomic E-state index is 0.0166. The number of hydrogen-bond acceptors (Lipinski definition) is 4. The zero-order chi connectivity index (χ0) is 18.6. The maximum absolute atomic E-state index is 12.6. The molecular formula is C18H17N3O5. The molecule has 0 aromatic heterocycles. The summed E-state index contributed by atoms with van der Waals surface area (Å²) in [4.78, 5) is 39.5. The standard InChI is InChI=1S/C18H17N3O5/c1-2-11-12-7-8-20(18(26)19-9-3-5-10(22)6-4-9)15-13(12)21(16(15)23)14(11)17(24)25/h2-6,12-13,15,22H,1,7-8H2,(H,19,26)(H,24,25)/t12?,13-,15+/m1/s1. The van der Waals surface area contributed by atoms with Crippen molar-refractivity contribution < 1.29 is 24.6 Å². The Kier molecular flexibility index (Phi) is 3.50. The van der Waals surface area contributed by atoms with Gasteiger partial charge in [0, 0.05) is 18.2 Å². The Balaban J connectivity index is 1.56. The second kappa shape index (κ2) is 5.62. The van der Waals surface area contributed by atoms with Crippen molar-refractivity contribution in [1.29, 1.82) is 0 Å². The third kappa shape index (κ3) is 2.11. The molecule has 2 fully saturated rings. The zero-order valence-electron chi connectivity index (χ0n) is 13.8. The molecular weight excluding hydrogens is 338 g/mol. The highest BCUT2D eigenvalue weighted by atomic mass is 16.4. The molecule has 3 heterocycles. The van der Waals surface area contributed by atoms with E-state index in [9.17, 15) is 24.6 Å². The van der Waals surface area contributed by atoms with Crippen LogP contribution in [0.5, 0.6) is 5.75 Å². The molecule has 3 atom stereocenters. The summed E-state index contributed by atoms with van der Waals surface area (Å²) >= 11 is 0. The van der Waals surface area contributed by atoms with E-state index in [1.165, 1.54) is 28.0 Å². The van der Waals surface area contributed by atoms with Crippen molar-refractivity contribution in [3.8, 4) is 5.75 Å². The summed E-state index contributed by atoms with van der Waals surface area (Å²) in [7, 11) is 0. The number of benzene rings is 1. The Morgan fingerprint density at radius 2 is 1.96 bits per heavy atom. The predicted molar refractivity (Wildman–Crippen MR) is 91.2 cm³/mol. The number of carboxylic acid groups (broad SMARTS) is 1. The molecule has 134 valence electrons. The largest absolute Gasteiger partial charge is 0.508 e. The van der Waals surface area contributed by atoms with E-state index in [1.807, 2.05) is 0 Å². The number of likely N-dealkylation sites (tertiary alicyclic amines) is 1. The number of amides is 3. The van der Waals surface area contributed by atoms with Gasteiger partial charge in [-0.1, -0.05) is 12.7 Å². The Morgan fingerprint density at radius 3 is 2.58 bits per heavy atom. The molecule has 3 aliphatic rings. The predicted octanol–water partition coefficient (Wildman–Crippen LogP) is 1.36. The summed E-state index contributed by atoms with van der Waals surface area (Å²) in [5, 5.41) is 21.5.